The maximum absolute atomic E-state index is 4.71. The largest absolute Gasteiger partial charge is 0.373 e. The Morgan fingerprint density at radius 3 is 2.58 bits per heavy atom. The molecule has 0 aliphatic rings. The number of nitrogens with zero attached hydrogens (tertiary/aromatic N) is 2. The van der Waals surface area contributed by atoms with E-state index in [2.05, 4.69) is 41.7 Å². The van der Waals surface area contributed by atoms with Crippen LogP contribution in [0.15, 0.2) is 29.6 Å². The van der Waals surface area contributed by atoms with Gasteiger partial charge in [0.1, 0.15) is 5.82 Å². The molecule has 0 aliphatic heterocycles. The number of rotatable bonds is 2. The van der Waals surface area contributed by atoms with Gasteiger partial charge < -0.3 is 5.32 Å². The first-order chi connectivity index (χ1) is 9.20. The molecule has 0 fully saturated rings. The third-order valence-corrected chi connectivity index (χ3v) is 4.25. The molecule has 0 saturated carbocycles. The summed E-state index contributed by atoms with van der Waals surface area (Å²) in [5, 5.41) is 6.36. The average Bonchev–Trinajstić information content (AvgIpc) is 2.84. The van der Waals surface area contributed by atoms with Gasteiger partial charge in [-0.2, -0.15) is 0 Å². The Hall–Kier alpha value is -1.94. The van der Waals surface area contributed by atoms with E-state index >= 15 is 0 Å². The molecule has 3 nitrogen and oxygen atoms in total. The van der Waals surface area contributed by atoms with Crippen molar-refractivity contribution < 1.29 is 0 Å². The van der Waals surface area contributed by atoms with Crippen LogP contribution in [0.2, 0.25) is 0 Å². The Morgan fingerprint density at radius 2 is 1.89 bits per heavy atom. The van der Waals surface area contributed by atoms with Gasteiger partial charge in [-0.15, -0.1) is 11.3 Å². The van der Waals surface area contributed by atoms with Crippen LogP contribution in [-0.2, 0) is 0 Å². The molecule has 0 spiro atoms. The predicted octanol–water partition coefficient (Wildman–Crippen LogP) is 4.02. The topological polar surface area (TPSA) is 37.8 Å². The summed E-state index contributed by atoms with van der Waals surface area (Å²) in [5.74, 6) is 1.70. The lowest BCUT2D eigenvalue weighted by Crippen LogP contribution is -1.99. The molecule has 2 aromatic heterocycles. The molecule has 19 heavy (non-hydrogen) atoms. The lowest BCUT2D eigenvalue weighted by molar-refractivity contribution is 1.21. The quantitative estimate of drug-likeness (QED) is 0.763. The summed E-state index contributed by atoms with van der Waals surface area (Å²) in [4.78, 5) is 10.5. The van der Waals surface area contributed by atoms with Crippen LogP contribution in [0.5, 0.6) is 0 Å². The van der Waals surface area contributed by atoms with Crippen LogP contribution in [0, 0.1) is 13.8 Å². The highest BCUT2D eigenvalue weighted by atomic mass is 32.1. The third kappa shape index (κ3) is 1.98. The summed E-state index contributed by atoms with van der Waals surface area (Å²) in [7, 11) is 1.90. The molecule has 96 valence electrons. The van der Waals surface area contributed by atoms with Crippen LogP contribution in [0.3, 0.4) is 0 Å². The summed E-state index contributed by atoms with van der Waals surface area (Å²) >= 11 is 1.68. The SMILES string of the molecule is CNc1nc(-c2sccc2C)nc2cccc(C)c12. The van der Waals surface area contributed by atoms with E-state index in [0.717, 1.165) is 27.4 Å². The summed E-state index contributed by atoms with van der Waals surface area (Å²) in [5.41, 5.74) is 3.40. The fourth-order valence-electron chi connectivity index (χ4n) is 2.24. The van der Waals surface area contributed by atoms with Crippen molar-refractivity contribution in [3.8, 4) is 10.7 Å². The first-order valence-corrected chi connectivity index (χ1v) is 7.08. The average molecular weight is 269 g/mol. The third-order valence-electron chi connectivity index (χ3n) is 3.23. The fraction of sp³-hybridized carbons (Fsp3) is 0.200. The standard InChI is InChI=1S/C15H15N3S/c1-9-5-4-6-11-12(9)14(16-3)18-15(17-11)13-10(2)7-8-19-13/h4-8H,1-3H3,(H,16,17,18). The molecule has 0 aliphatic carbocycles. The van der Waals surface area contributed by atoms with E-state index in [9.17, 15) is 0 Å². The summed E-state index contributed by atoms with van der Waals surface area (Å²) < 4.78 is 0. The van der Waals surface area contributed by atoms with Crippen molar-refractivity contribution in [3.05, 3.63) is 40.8 Å². The second-order valence-electron chi connectivity index (χ2n) is 4.55. The Morgan fingerprint density at radius 1 is 1.05 bits per heavy atom. The van der Waals surface area contributed by atoms with Gasteiger partial charge >= 0.3 is 0 Å². The number of fused-ring (bicyclic) bond motifs is 1. The van der Waals surface area contributed by atoms with Crippen molar-refractivity contribution >= 4 is 28.1 Å². The van der Waals surface area contributed by atoms with Crippen LogP contribution < -0.4 is 5.32 Å². The maximum Gasteiger partial charge on any atom is 0.172 e. The Bertz CT molecular complexity index is 746. The van der Waals surface area contributed by atoms with Gasteiger partial charge in [0.2, 0.25) is 0 Å². The number of benzene rings is 1. The van der Waals surface area contributed by atoms with E-state index in [1.165, 1.54) is 11.1 Å². The molecule has 0 amide bonds. The Balaban J connectivity index is 2.33. The van der Waals surface area contributed by atoms with Crippen LogP contribution in [-0.4, -0.2) is 17.0 Å². The number of thiophene rings is 1. The number of aromatic nitrogens is 2. The van der Waals surface area contributed by atoms with Crippen molar-refractivity contribution in [2.45, 2.75) is 13.8 Å². The van der Waals surface area contributed by atoms with E-state index in [-0.39, 0.29) is 0 Å². The molecular formula is C15H15N3S. The van der Waals surface area contributed by atoms with Gasteiger partial charge in [-0.25, -0.2) is 9.97 Å². The Labute approximate surface area is 116 Å². The van der Waals surface area contributed by atoms with Gasteiger partial charge in [0.25, 0.3) is 0 Å². The minimum absolute atomic E-state index is 0.801. The lowest BCUT2D eigenvalue weighted by Gasteiger charge is -2.09. The van der Waals surface area contributed by atoms with Crippen LogP contribution in [0.4, 0.5) is 5.82 Å². The van der Waals surface area contributed by atoms with Gasteiger partial charge in [0, 0.05) is 12.4 Å². The van der Waals surface area contributed by atoms with Gasteiger partial charge in [-0.3, -0.25) is 0 Å². The predicted molar refractivity (Wildman–Crippen MR) is 81.9 cm³/mol. The summed E-state index contributed by atoms with van der Waals surface area (Å²) in [6.45, 7) is 4.18. The fourth-order valence-corrected chi connectivity index (χ4v) is 3.10. The number of hydrogen-bond acceptors (Lipinski definition) is 4. The monoisotopic (exact) mass is 269 g/mol. The van der Waals surface area contributed by atoms with Crippen LogP contribution in [0.1, 0.15) is 11.1 Å². The number of aryl methyl sites for hydroxylation is 2. The van der Waals surface area contributed by atoms with Gasteiger partial charge in [-0.05, 0) is 42.5 Å². The molecule has 4 heteroatoms. The zero-order chi connectivity index (χ0) is 13.4. The van der Waals surface area contributed by atoms with E-state index in [1.807, 2.05) is 19.2 Å². The molecule has 0 bridgehead atoms. The normalized spacial score (nSPS) is 10.9. The molecule has 1 aromatic carbocycles. The van der Waals surface area contributed by atoms with Crippen molar-refractivity contribution in [1.82, 2.24) is 9.97 Å². The summed E-state index contributed by atoms with van der Waals surface area (Å²) in [6, 6.07) is 8.26. The van der Waals surface area contributed by atoms with E-state index < -0.39 is 0 Å². The van der Waals surface area contributed by atoms with Gasteiger partial charge in [0.15, 0.2) is 5.82 Å². The second kappa shape index (κ2) is 4.63. The van der Waals surface area contributed by atoms with E-state index in [4.69, 9.17) is 4.98 Å². The molecule has 2 heterocycles. The highest BCUT2D eigenvalue weighted by Crippen LogP contribution is 2.31. The summed E-state index contributed by atoms with van der Waals surface area (Å²) in [6.07, 6.45) is 0. The van der Waals surface area contributed by atoms with Crippen LogP contribution >= 0.6 is 11.3 Å². The zero-order valence-electron chi connectivity index (χ0n) is 11.2. The molecule has 0 atom stereocenters. The number of hydrogen-bond donors (Lipinski definition) is 1. The zero-order valence-corrected chi connectivity index (χ0v) is 12.0. The maximum atomic E-state index is 4.71. The van der Waals surface area contributed by atoms with Crippen molar-refractivity contribution in [1.29, 1.82) is 0 Å². The molecular weight excluding hydrogens is 254 g/mol. The number of anilines is 1. The van der Waals surface area contributed by atoms with Gasteiger partial charge in [-0.1, -0.05) is 12.1 Å². The minimum Gasteiger partial charge on any atom is -0.373 e. The highest BCUT2D eigenvalue weighted by molar-refractivity contribution is 7.13. The molecule has 3 aromatic rings. The lowest BCUT2D eigenvalue weighted by atomic mass is 10.1. The molecule has 3 rings (SSSR count). The van der Waals surface area contributed by atoms with Crippen molar-refractivity contribution in [3.63, 3.8) is 0 Å². The van der Waals surface area contributed by atoms with Gasteiger partial charge in [0.05, 0.1) is 10.4 Å². The molecule has 0 saturated heterocycles. The molecule has 1 N–H and O–H groups in total. The molecule has 0 radical (unpaired) electrons. The van der Waals surface area contributed by atoms with Crippen molar-refractivity contribution in [2.24, 2.45) is 0 Å². The smallest absolute Gasteiger partial charge is 0.172 e. The van der Waals surface area contributed by atoms with E-state index in [1.54, 1.807) is 11.3 Å². The van der Waals surface area contributed by atoms with Crippen LogP contribution in [0.25, 0.3) is 21.6 Å². The Kier molecular flexibility index (Phi) is 2.95. The first kappa shape index (κ1) is 12.1. The van der Waals surface area contributed by atoms with E-state index in [0.29, 0.717) is 0 Å². The van der Waals surface area contributed by atoms with Crippen molar-refractivity contribution in [2.75, 3.05) is 12.4 Å². The molecule has 0 unspecified atom stereocenters. The minimum atomic E-state index is 0.801. The highest BCUT2D eigenvalue weighted by Gasteiger charge is 2.12. The number of nitrogens with one attached hydrogen (secondary N) is 1. The second-order valence-corrected chi connectivity index (χ2v) is 5.46. The first-order valence-electron chi connectivity index (χ1n) is 6.20.